The standard InChI is InChI=1S/C13H16N4O4/c1-17(7-10-3-2-4-21-10)13(20)16-11(12(18)19)5-9-6-14-8-15-9/h2-4,6,8,11H,5,7H2,1H3,(H,14,15)(H,16,20)(H,18,19)/t11-/m1/s1. The summed E-state index contributed by atoms with van der Waals surface area (Å²) in [5, 5.41) is 11.6. The SMILES string of the molecule is CN(Cc1ccco1)C(=O)N[C@H](Cc1cnc[nH]1)C(=O)O. The molecule has 0 bridgehead atoms. The first-order chi connectivity index (χ1) is 10.1. The molecule has 21 heavy (non-hydrogen) atoms. The van der Waals surface area contributed by atoms with E-state index in [2.05, 4.69) is 15.3 Å². The molecule has 112 valence electrons. The highest BCUT2D eigenvalue weighted by Gasteiger charge is 2.23. The van der Waals surface area contributed by atoms with Crippen molar-refractivity contribution in [2.45, 2.75) is 19.0 Å². The van der Waals surface area contributed by atoms with Crippen molar-refractivity contribution in [3.05, 3.63) is 42.4 Å². The van der Waals surface area contributed by atoms with Crippen LogP contribution in [0.15, 0.2) is 35.3 Å². The summed E-state index contributed by atoms with van der Waals surface area (Å²) in [6.45, 7) is 0.259. The minimum atomic E-state index is -1.11. The molecule has 0 saturated carbocycles. The molecule has 0 unspecified atom stereocenters. The molecule has 2 aromatic rings. The minimum absolute atomic E-state index is 0.135. The van der Waals surface area contributed by atoms with Crippen LogP contribution < -0.4 is 5.32 Å². The van der Waals surface area contributed by atoms with Gasteiger partial charge >= 0.3 is 12.0 Å². The van der Waals surface area contributed by atoms with Crippen molar-refractivity contribution in [3.8, 4) is 0 Å². The summed E-state index contributed by atoms with van der Waals surface area (Å²) < 4.78 is 5.14. The molecule has 2 aromatic heterocycles. The van der Waals surface area contributed by atoms with E-state index in [1.807, 2.05) is 0 Å². The molecule has 8 nitrogen and oxygen atoms in total. The summed E-state index contributed by atoms with van der Waals surface area (Å²) in [5.41, 5.74) is 0.636. The highest BCUT2D eigenvalue weighted by molar-refractivity contribution is 5.82. The van der Waals surface area contributed by atoms with Crippen molar-refractivity contribution in [1.82, 2.24) is 20.2 Å². The van der Waals surface area contributed by atoms with Crippen LogP contribution in [0.5, 0.6) is 0 Å². The van der Waals surface area contributed by atoms with Gasteiger partial charge in [0.25, 0.3) is 0 Å². The van der Waals surface area contributed by atoms with E-state index < -0.39 is 18.0 Å². The summed E-state index contributed by atoms with van der Waals surface area (Å²) >= 11 is 0. The summed E-state index contributed by atoms with van der Waals surface area (Å²) in [6, 6.07) is 1.94. The van der Waals surface area contributed by atoms with E-state index in [1.165, 1.54) is 23.7 Å². The van der Waals surface area contributed by atoms with Crippen LogP contribution in [0.25, 0.3) is 0 Å². The third-order valence-electron chi connectivity index (χ3n) is 2.89. The molecule has 1 atom stereocenters. The number of rotatable bonds is 6. The number of aliphatic carboxylic acids is 1. The van der Waals surface area contributed by atoms with Crippen LogP contribution in [0.2, 0.25) is 0 Å². The minimum Gasteiger partial charge on any atom is -0.480 e. The maximum atomic E-state index is 12.0. The third-order valence-corrected chi connectivity index (χ3v) is 2.89. The van der Waals surface area contributed by atoms with E-state index in [0.717, 1.165) is 0 Å². The van der Waals surface area contributed by atoms with Crippen molar-refractivity contribution in [2.75, 3.05) is 7.05 Å². The van der Waals surface area contributed by atoms with Crippen LogP contribution in [-0.2, 0) is 17.8 Å². The van der Waals surface area contributed by atoms with Crippen LogP contribution in [0.4, 0.5) is 4.79 Å². The number of carboxylic acid groups (broad SMARTS) is 1. The molecule has 0 aliphatic rings. The number of H-pyrrole nitrogens is 1. The number of hydrogen-bond acceptors (Lipinski definition) is 4. The van der Waals surface area contributed by atoms with Gasteiger partial charge in [-0.15, -0.1) is 0 Å². The molecule has 0 aromatic carbocycles. The van der Waals surface area contributed by atoms with Gasteiger partial charge in [-0.2, -0.15) is 0 Å². The Hall–Kier alpha value is -2.77. The fourth-order valence-corrected chi connectivity index (χ4v) is 1.78. The molecule has 0 aliphatic heterocycles. The van der Waals surface area contributed by atoms with Gasteiger partial charge in [0.15, 0.2) is 0 Å². The second-order valence-corrected chi connectivity index (χ2v) is 4.56. The number of carboxylic acids is 1. The van der Waals surface area contributed by atoms with Gasteiger partial charge in [-0.1, -0.05) is 0 Å². The zero-order chi connectivity index (χ0) is 15.2. The molecule has 0 fully saturated rings. The molecule has 0 aliphatic carbocycles. The molecule has 2 heterocycles. The molecule has 3 N–H and O–H groups in total. The van der Waals surface area contributed by atoms with Crippen molar-refractivity contribution < 1.29 is 19.1 Å². The highest BCUT2D eigenvalue weighted by Crippen LogP contribution is 2.05. The van der Waals surface area contributed by atoms with Crippen molar-refractivity contribution in [2.24, 2.45) is 0 Å². The van der Waals surface area contributed by atoms with Crippen LogP contribution in [-0.4, -0.2) is 45.1 Å². The largest absolute Gasteiger partial charge is 0.480 e. The average Bonchev–Trinajstić information content (AvgIpc) is 3.10. The second-order valence-electron chi connectivity index (χ2n) is 4.56. The second kappa shape index (κ2) is 6.60. The molecule has 8 heteroatoms. The lowest BCUT2D eigenvalue weighted by Crippen LogP contribution is -2.47. The maximum absolute atomic E-state index is 12.0. The first kappa shape index (κ1) is 14.6. The average molecular weight is 292 g/mol. The van der Waals surface area contributed by atoms with Gasteiger partial charge in [-0.25, -0.2) is 14.6 Å². The van der Waals surface area contributed by atoms with Gasteiger partial charge < -0.3 is 24.7 Å². The molecule has 0 spiro atoms. The Morgan fingerprint density at radius 2 is 2.38 bits per heavy atom. The number of aromatic amines is 1. The van der Waals surface area contributed by atoms with Crippen LogP contribution >= 0.6 is 0 Å². The lowest BCUT2D eigenvalue weighted by Gasteiger charge is -2.20. The van der Waals surface area contributed by atoms with E-state index in [-0.39, 0.29) is 13.0 Å². The molecule has 2 rings (SSSR count). The summed E-state index contributed by atoms with van der Waals surface area (Å²) in [4.78, 5) is 31.2. The van der Waals surface area contributed by atoms with Crippen LogP contribution in [0, 0.1) is 0 Å². The van der Waals surface area contributed by atoms with E-state index in [9.17, 15) is 14.7 Å². The number of hydrogen-bond donors (Lipinski definition) is 3. The lowest BCUT2D eigenvalue weighted by atomic mass is 10.1. The smallest absolute Gasteiger partial charge is 0.326 e. The number of urea groups is 1. The number of aromatic nitrogens is 2. The van der Waals surface area contributed by atoms with Crippen LogP contribution in [0.3, 0.4) is 0 Å². The molecular formula is C13H16N4O4. The first-order valence-electron chi connectivity index (χ1n) is 6.30. The number of nitrogens with zero attached hydrogens (tertiary/aromatic N) is 2. The third kappa shape index (κ3) is 4.10. The monoisotopic (exact) mass is 292 g/mol. The number of furan rings is 1. The lowest BCUT2D eigenvalue weighted by molar-refractivity contribution is -0.139. The highest BCUT2D eigenvalue weighted by atomic mass is 16.4. The molecular weight excluding hydrogens is 276 g/mol. The van der Waals surface area contributed by atoms with Crippen molar-refractivity contribution in [3.63, 3.8) is 0 Å². The fourth-order valence-electron chi connectivity index (χ4n) is 1.78. The number of imidazole rings is 1. The maximum Gasteiger partial charge on any atom is 0.326 e. The van der Waals surface area contributed by atoms with Crippen molar-refractivity contribution >= 4 is 12.0 Å². The quantitative estimate of drug-likeness (QED) is 0.730. The molecule has 0 radical (unpaired) electrons. The Morgan fingerprint density at radius 3 is 2.95 bits per heavy atom. The van der Waals surface area contributed by atoms with Gasteiger partial charge in [0.05, 0.1) is 19.1 Å². The zero-order valence-corrected chi connectivity index (χ0v) is 11.4. The number of carbonyl (C=O) groups excluding carboxylic acids is 1. The number of nitrogens with one attached hydrogen (secondary N) is 2. The van der Waals surface area contributed by atoms with E-state index in [0.29, 0.717) is 11.5 Å². The van der Waals surface area contributed by atoms with Gasteiger partial charge in [-0.3, -0.25) is 0 Å². The van der Waals surface area contributed by atoms with Gasteiger partial charge in [0.1, 0.15) is 11.8 Å². The van der Waals surface area contributed by atoms with Crippen molar-refractivity contribution in [1.29, 1.82) is 0 Å². The summed E-state index contributed by atoms with van der Waals surface area (Å²) in [7, 11) is 1.56. The van der Waals surface area contributed by atoms with Crippen LogP contribution in [0.1, 0.15) is 11.5 Å². The predicted octanol–water partition coefficient (Wildman–Crippen LogP) is 0.840. The number of amides is 2. The number of carbonyl (C=O) groups is 2. The first-order valence-corrected chi connectivity index (χ1v) is 6.30. The molecule has 0 saturated heterocycles. The topological polar surface area (TPSA) is 111 Å². The summed E-state index contributed by atoms with van der Waals surface area (Å²) in [5.74, 6) is -0.488. The van der Waals surface area contributed by atoms with E-state index in [1.54, 1.807) is 19.2 Å². The van der Waals surface area contributed by atoms with E-state index in [4.69, 9.17) is 4.42 Å². The summed E-state index contributed by atoms with van der Waals surface area (Å²) in [6.07, 6.45) is 4.63. The normalized spacial score (nSPS) is 11.9. The van der Waals surface area contributed by atoms with Gasteiger partial charge in [-0.05, 0) is 12.1 Å². The Balaban J connectivity index is 1.92. The predicted molar refractivity (Wildman–Crippen MR) is 72.4 cm³/mol. The Kier molecular flexibility index (Phi) is 4.60. The Labute approximate surface area is 120 Å². The van der Waals surface area contributed by atoms with E-state index >= 15 is 0 Å². The van der Waals surface area contributed by atoms with Gasteiger partial charge in [0.2, 0.25) is 0 Å². The zero-order valence-electron chi connectivity index (χ0n) is 11.4. The molecule has 2 amide bonds. The Morgan fingerprint density at radius 1 is 1.57 bits per heavy atom. The Bertz CT molecular complexity index is 579. The fraction of sp³-hybridized carbons (Fsp3) is 0.308. The van der Waals surface area contributed by atoms with Gasteiger partial charge in [0, 0.05) is 25.4 Å².